The van der Waals surface area contributed by atoms with Crippen LogP contribution < -0.4 is 9.47 Å². The summed E-state index contributed by atoms with van der Waals surface area (Å²) in [6, 6.07) is 10.1. The van der Waals surface area contributed by atoms with Crippen LogP contribution in [0.2, 0.25) is 25.7 Å². The molecule has 0 spiro atoms. The van der Waals surface area contributed by atoms with Crippen molar-refractivity contribution >= 4 is 37.6 Å². The van der Waals surface area contributed by atoms with E-state index in [-0.39, 0.29) is 53.6 Å². The summed E-state index contributed by atoms with van der Waals surface area (Å²) in [5.41, 5.74) is 0.233. The van der Waals surface area contributed by atoms with Gasteiger partial charge in [0.15, 0.2) is 11.9 Å². The van der Waals surface area contributed by atoms with Gasteiger partial charge in [-0.25, -0.2) is 9.59 Å². The molecular weight excluding hydrogens is 606 g/mol. The molecule has 2 aromatic carbocycles. The molecule has 0 amide bonds. The highest BCUT2D eigenvalue weighted by atomic mass is 28.3. The number of ketones is 1. The minimum Gasteiger partial charge on any atom is -0.462 e. The Balaban J connectivity index is 1.83. The Kier molecular flexibility index (Phi) is 11.8. The highest BCUT2D eigenvalue weighted by Crippen LogP contribution is 2.35. The van der Waals surface area contributed by atoms with Crippen molar-refractivity contribution in [2.24, 2.45) is 11.8 Å². The van der Waals surface area contributed by atoms with E-state index in [1.54, 1.807) is 6.07 Å². The van der Waals surface area contributed by atoms with Gasteiger partial charge in [-0.2, -0.15) is 0 Å². The zero-order valence-corrected chi connectivity index (χ0v) is 27.4. The van der Waals surface area contributed by atoms with Gasteiger partial charge in [-0.1, -0.05) is 39.6 Å². The average molecular weight is 646 g/mol. The molecule has 1 saturated heterocycles. The number of non-ortho nitro benzene ring substituents is 1. The van der Waals surface area contributed by atoms with Crippen molar-refractivity contribution in [1.29, 1.82) is 0 Å². The first-order chi connectivity index (χ1) is 21.1. The summed E-state index contributed by atoms with van der Waals surface area (Å²) >= 11 is 0. The largest absolute Gasteiger partial charge is 0.514 e. The van der Waals surface area contributed by atoms with Crippen LogP contribution in [-0.4, -0.2) is 62.0 Å². The highest BCUT2D eigenvalue weighted by Gasteiger charge is 2.46. The number of carbonyl (C=O) groups excluding carboxylic acids is 4. The van der Waals surface area contributed by atoms with E-state index >= 15 is 0 Å². The molecule has 244 valence electrons. The van der Waals surface area contributed by atoms with Crippen molar-refractivity contribution < 1.29 is 52.5 Å². The SMILES string of the molecule is CC(=O)O[C@H]1[C@H](Oc2ccc(COC(=O)Oc3ccc([N+](=O)[O-])cc3)cc2C(=O)OCC[Si](C)(C)C)O[C@H](C(C)=O)[C@@H](C)[C@@H]1C. The number of benzene rings is 2. The molecule has 1 fully saturated rings. The van der Waals surface area contributed by atoms with Gasteiger partial charge in [0, 0.05) is 33.0 Å². The number of esters is 2. The first-order valence-electron chi connectivity index (χ1n) is 14.4. The van der Waals surface area contributed by atoms with Crippen LogP contribution in [0.1, 0.15) is 43.6 Å². The third kappa shape index (κ3) is 10.1. The second-order valence-corrected chi connectivity index (χ2v) is 17.7. The normalized spacial score (nSPS) is 21.3. The number of ether oxygens (including phenoxy) is 6. The predicted octanol–water partition coefficient (Wildman–Crippen LogP) is 5.70. The number of nitro benzene ring substituents is 1. The maximum atomic E-state index is 13.3. The fraction of sp³-hybridized carbons (Fsp3) is 0.484. The van der Waals surface area contributed by atoms with Gasteiger partial charge in [-0.15, -0.1) is 0 Å². The molecule has 1 aliphatic heterocycles. The lowest BCUT2D eigenvalue weighted by atomic mass is 9.82. The first kappa shape index (κ1) is 35.2. The number of hydrogen-bond acceptors (Lipinski definition) is 12. The van der Waals surface area contributed by atoms with E-state index in [4.69, 9.17) is 28.4 Å². The van der Waals surface area contributed by atoms with Crippen LogP contribution in [0.15, 0.2) is 42.5 Å². The summed E-state index contributed by atoms with van der Waals surface area (Å²) in [5.74, 6) is -1.96. The summed E-state index contributed by atoms with van der Waals surface area (Å²) in [4.78, 5) is 60.1. The average Bonchev–Trinajstić information content (AvgIpc) is 2.95. The Hall–Kier alpha value is -4.30. The summed E-state index contributed by atoms with van der Waals surface area (Å²) in [7, 11) is -1.52. The molecule has 13 nitrogen and oxygen atoms in total. The molecule has 0 saturated carbocycles. The summed E-state index contributed by atoms with van der Waals surface area (Å²) in [6.07, 6.45) is -3.97. The Morgan fingerprint density at radius 1 is 0.956 bits per heavy atom. The molecule has 1 heterocycles. The van der Waals surface area contributed by atoms with Gasteiger partial charge in [-0.05, 0) is 48.7 Å². The lowest BCUT2D eigenvalue weighted by Gasteiger charge is -2.42. The highest BCUT2D eigenvalue weighted by molar-refractivity contribution is 6.76. The number of hydrogen-bond donors (Lipinski definition) is 0. The molecule has 5 atom stereocenters. The zero-order chi connectivity index (χ0) is 33.5. The molecular formula is C31H39NO12Si. The number of nitrogens with zero attached hydrogens (tertiary/aromatic N) is 1. The van der Waals surface area contributed by atoms with E-state index < -0.39 is 49.6 Å². The summed E-state index contributed by atoms with van der Waals surface area (Å²) < 4.78 is 33.5. The van der Waals surface area contributed by atoms with Gasteiger partial charge in [0.2, 0.25) is 6.29 Å². The molecule has 0 N–H and O–H groups in total. The van der Waals surface area contributed by atoms with Gasteiger partial charge in [-0.3, -0.25) is 19.7 Å². The molecule has 0 radical (unpaired) electrons. The summed E-state index contributed by atoms with van der Waals surface area (Å²) in [6.45, 7) is 12.6. The van der Waals surface area contributed by atoms with Gasteiger partial charge < -0.3 is 28.4 Å². The van der Waals surface area contributed by atoms with Gasteiger partial charge in [0.05, 0.1) is 11.5 Å². The molecule has 0 aromatic heterocycles. The summed E-state index contributed by atoms with van der Waals surface area (Å²) in [5, 5.41) is 10.8. The van der Waals surface area contributed by atoms with Crippen LogP contribution in [0.4, 0.5) is 10.5 Å². The van der Waals surface area contributed by atoms with Crippen LogP contribution in [0.5, 0.6) is 11.5 Å². The van der Waals surface area contributed by atoms with Gasteiger partial charge >= 0.3 is 18.1 Å². The molecule has 45 heavy (non-hydrogen) atoms. The lowest BCUT2D eigenvalue weighted by molar-refractivity contribution is -0.384. The molecule has 0 unspecified atom stereocenters. The molecule has 3 rings (SSSR count). The van der Waals surface area contributed by atoms with Crippen molar-refractivity contribution in [1.82, 2.24) is 0 Å². The van der Waals surface area contributed by atoms with Gasteiger partial charge in [0.1, 0.15) is 29.8 Å². The maximum Gasteiger partial charge on any atom is 0.514 e. The monoisotopic (exact) mass is 645 g/mol. The number of nitro groups is 1. The first-order valence-corrected chi connectivity index (χ1v) is 18.2. The second kappa shape index (κ2) is 15.1. The second-order valence-electron chi connectivity index (χ2n) is 12.1. The van der Waals surface area contributed by atoms with Crippen LogP contribution in [0.3, 0.4) is 0 Å². The van der Waals surface area contributed by atoms with Crippen molar-refractivity contribution in [3.8, 4) is 11.5 Å². The Labute approximate surface area is 262 Å². The minimum absolute atomic E-state index is 0.00578. The Morgan fingerprint density at radius 3 is 2.20 bits per heavy atom. The predicted molar refractivity (Wildman–Crippen MR) is 163 cm³/mol. The Bertz CT molecular complexity index is 1400. The Morgan fingerprint density at radius 2 is 1.62 bits per heavy atom. The van der Waals surface area contributed by atoms with Crippen LogP contribution in [0.25, 0.3) is 0 Å². The van der Waals surface area contributed by atoms with Crippen molar-refractivity contribution in [3.05, 3.63) is 63.7 Å². The zero-order valence-electron chi connectivity index (χ0n) is 26.4. The number of rotatable bonds is 12. The third-order valence-corrected chi connectivity index (χ3v) is 8.98. The number of carbonyl (C=O) groups is 4. The molecule has 0 bridgehead atoms. The third-order valence-electron chi connectivity index (χ3n) is 7.27. The molecule has 2 aromatic rings. The standard InChI is InChI=1S/C31H39NO12Si/c1-18-19(2)28(41-21(4)34)30(44-27(18)20(3)33)43-26-13-8-22(16-25(26)29(35)39-14-15-45(5,6)7)17-40-31(36)42-24-11-9-23(10-12-24)32(37)38/h8-13,16,18-19,27-28,30H,14-15,17H2,1-7H3/t18-,19-,27-,28+,30+/m0/s1. The van der Waals surface area contributed by atoms with E-state index in [9.17, 15) is 29.3 Å². The quantitative estimate of drug-likeness (QED) is 0.0691. The maximum absolute atomic E-state index is 13.3. The fourth-order valence-corrected chi connectivity index (χ4v) is 5.28. The molecule has 14 heteroatoms. The molecule has 0 aliphatic carbocycles. The van der Waals surface area contributed by atoms with Crippen molar-refractivity contribution in [2.75, 3.05) is 6.61 Å². The fourth-order valence-electron chi connectivity index (χ4n) is 4.57. The van der Waals surface area contributed by atoms with Crippen LogP contribution >= 0.6 is 0 Å². The smallest absolute Gasteiger partial charge is 0.462 e. The van der Waals surface area contributed by atoms with E-state index in [2.05, 4.69) is 19.6 Å². The molecule has 1 aliphatic rings. The minimum atomic E-state index is -1.52. The van der Waals surface area contributed by atoms with Crippen LogP contribution in [0, 0.1) is 22.0 Å². The topological polar surface area (TPSA) is 167 Å². The lowest BCUT2D eigenvalue weighted by Crippen LogP contribution is -2.55. The van der Waals surface area contributed by atoms with E-state index in [1.807, 2.05) is 13.8 Å². The van der Waals surface area contributed by atoms with E-state index in [0.717, 1.165) is 6.04 Å². The van der Waals surface area contributed by atoms with E-state index in [1.165, 1.54) is 50.2 Å². The number of Topliss-reactive ketones (excluding diaryl/α,β-unsaturated/α-hetero) is 1. The van der Waals surface area contributed by atoms with Crippen LogP contribution in [-0.2, 0) is 35.1 Å². The van der Waals surface area contributed by atoms with Crippen molar-refractivity contribution in [3.63, 3.8) is 0 Å². The van der Waals surface area contributed by atoms with Crippen molar-refractivity contribution in [2.45, 2.75) is 78.5 Å². The van der Waals surface area contributed by atoms with Gasteiger partial charge in [0.25, 0.3) is 5.69 Å². The van der Waals surface area contributed by atoms with E-state index in [0.29, 0.717) is 5.56 Å².